The Kier molecular flexibility index (Phi) is 4.61. The fraction of sp³-hybridized carbons (Fsp3) is 0.500. The smallest absolute Gasteiger partial charge is 0.272 e. The summed E-state index contributed by atoms with van der Waals surface area (Å²) < 4.78 is 5.28. The van der Waals surface area contributed by atoms with Crippen molar-refractivity contribution in [2.45, 2.75) is 38.5 Å². The molecule has 1 fully saturated rings. The highest BCUT2D eigenvalue weighted by Crippen LogP contribution is 2.27. The van der Waals surface area contributed by atoms with E-state index in [1.807, 2.05) is 13.8 Å². The van der Waals surface area contributed by atoms with Gasteiger partial charge in [-0.1, -0.05) is 30.6 Å². The number of pyridine rings is 1. The molecule has 0 bridgehead atoms. The number of hydrogen-bond donors (Lipinski definition) is 0. The van der Waals surface area contributed by atoms with Crippen LogP contribution >= 0.6 is 11.6 Å². The maximum absolute atomic E-state index is 12.6. The van der Waals surface area contributed by atoms with Crippen LogP contribution in [0.15, 0.2) is 22.9 Å². The van der Waals surface area contributed by atoms with Gasteiger partial charge in [0.1, 0.15) is 5.69 Å². The fourth-order valence-corrected chi connectivity index (χ4v) is 2.80. The van der Waals surface area contributed by atoms with Gasteiger partial charge in [-0.3, -0.25) is 4.79 Å². The minimum Gasteiger partial charge on any atom is -0.339 e. The van der Waals surface area contributed by atoms with E-state index in [9.17, 15) is 4.79 Å². The van der Waals surface area contributed by atoms with Crippen molar-refractivity contribution in [3.8, 4) is 0 Å². The summed E-state index contributed by atoms with van der Waals surface area (Å²) in [6.07, 6.45) is 3.36. The standard InChI is InChI=1S/C16H19ClN4O2/c1-10(2)15-19-14(20-23-15)11-4-3-7-21(9-11)16(22)13-6-5-12(17)8-18-13/h5-6,8,10-11H,3-4,7,9H2,1-2H3/t11-/m1/s1. The molecule has 3 heterocycles. The third-order valence-corrected chi connectivity index (χ3v) is 4.20. The highest BCUT2D eigenvalue weighted by molar-refractivity contribution is 6.30. The van der Waals surface area contributed by atoms with Crippen molar-refractivity contribution in [2.75, 3.05) is 13.1 Å². The Balaban J connectivity index is 1.72. The van der Waals surface area contributed by atoms with E-state index in [1.54, 1.807) is 17.0 Å². The Bertz CT molecular complexity index is 684. The Morgan fingerprint density at radius 3 is 2.91 bits per heavy atom. The lowest BCUT2D eigenvalue weighted by molar-refractivity contribution is 0.0697. The minimum atomic E-state index is -0.0843. The van der Waals surface area contributed by atoms with Crippen molar-refractivity contribution >= 4 is 17.5 Å². The minimum absolute atomic E-state index is 0.0843. The van der Waals surface area contributed by atoms with Gasteiger partial charge in [0.25, 0.3) is 5.91 Å². The first kappa shape index (κ1) is 15.9. The molecular formula is C16H19ClN4O2. The second-order valence-corrected chi connectivity index (χ2v) is 6.53. The molecule has 0 spiro atoms. The van der Waals surface area contributed by atoms with Gasteiger partial charge in [0, 0.05) is 31.1 Å². The molecule has 1 saturated heterocycles. The van der Waals surface area contributed by atoms with Crippen molar-refractivity contribution in [2.24, 2.45) is 0 Å². The predicted molar refractivity (Wildman–Crippen MR) is 85.5 cm³/mol. The number of rotatable bonds is 3. The van der Waals surface area contributed by atoms with Crippen LogP contribution in [0.1, 0.15) is 60.7 Å². The van der Waals surface area contributed by atoms with E-state index in [-0.39, 0.29) is 17.7 Å². The van der Waals surface area contributed by atoms with Gasteiger partial charge in [0.2, 0.25) is 5.89 Å². The van der Waals surface area contributed by atoms with Gasteiger partial charge in [-0.2, -0.15) is 4.98 Å². The molecule has 7 heteroatoms. The van der Waals surface area contributed by atoms with Crippen LogP contribution < -0.4 is 0 Å². The molecule has 0 unspecified atom stereocenters. The summed E-state index contributed by atoms with van der Waals surface area (Å²) in [7, 11) is 0. The molecule has 0 radical (unpaired) electrons. The van der Waals surface area contributed by atoms with Crippen LogP contribution in [0, 0.1) is 0 Å². The van der Waals surface area contributed by atoms with Crippen molar-refractivity contribution in [3.05, 3.63) is 40.8 Å². The Morgan fingerprint density at radius 2 is 2.26 bits per heavy atom. The maximum atomic E-state index is 12.6. The second-order valence-electron chi connectivity index (χ2n) is 6.10. The average molecular weight is 335 g/mol. The van der Waals surface area contributed by atoms with Gasteiger partial charge in [0.05, 0.1) is 5.02 Å². The van der Waals surface area contributed by atoms with Crippen LogP contribution in [-0.4, -0.2) is 39.0 Å². The second kappa shape index (κ2) is 6.66. The first-order valence-electron chi connectivity index (χ1n) is 7.79. The number of amides is 1. The molecule has 0 aliphatic carbocycles. The lowest BCUT2D eigenvalue weighted by Crippen LogP contribution is -2.39. The molecule has 1 aliphatic heterocycles. The summed E-state index contributed by atoms with van der Waals surface area (Å²) in [5.74, 6) is 1.56. The van der Waals surface area contributed by atoms with Gasteiger partial charge in [-0.05, 0) is 25.0 Å². The molecule has 0 N–H and O–H groups in total. The molecule has 122 valence electrons. The Labute approximate surface area is 139 Å². The summed E-state index contributed by atoms with van der Waals surface area (Å²) in [5, 5.41) is 4.60. The van der Waals surface area contributed by atoms with E-state index < -0.39 is 0 Å². The summed E-state index contributed by atoms with van der Waals surface area (Å²) in [4.78, 5) is 22.9. The number of aromatic nitrogens is 3. The molecule has 3 rings (SSSR count). The first-order chi connectivity index (χ1) is 11.0. The third kappa shape index (κ3) is 3.52. The molecule has 1 amide bonds. The molecule has 6 nitrogen and oxygen atoms in total. The first-order valence-corrected chi connectivity index (χ1v) is 8.16. The van der Waals surface area contributed by atoms with Gasteiger partial charge < -0.3 is 9.42 Å². The van der Waals surface area contributed by atoms with Gasteiger partial charge in [-0.15, -0.1) is 0 Å². The summed E-state index contributed by atoms with van der Waals surface area (Å²) in [6.45, 7) is 5.33. The number of nitrogens with zero attached hydrogens (tertiary/aromatic N) is 4. The van der Waals surface area contributed by atoms with Crippen molar-refractivity contribution < 1.29 is 9.32 Å². The number of carbonyl (C=O) groups excluding carboxylic acids is 1. The van der Waals surface area contributed by atoms with Crippen LogP contribution in [0.2, 0.25) is 5.02 Å². The van der Waals surface area contributed by atoms with E-state index >= 15 is 0 Å². The number of likely N-dealkylation sites (tertiary alicyclic amines) is 1. The van der Waals surface area contributed by atoms with Crippen LogP contribution in [0.25, 0.3) is 0 Å². The van der Waals surface area contributed by atoms with E-state index in [1.165, 1.54) is 6.20 Å². The lowest BCUT2D eigenvalue weighted by Gasteiger charge is -2.31. The SMILES string of the molecule is CC(C)c1nc([C@@H]2CCCN(C(=O)c3ccc(Cl)cn3)C2)no1. The topological polar surface area (TPSA) is 72.1 Å². The van der Waals surface area contributed by atoms with E-state index in [0.29, 0.717) is 35.5 Å². The van der Waals surface area contributed by atoms with Gasteiger partial charge >= 0.3 is 0 Å². The maximum Gasteiger partial charge on any atom is 0.272 e. The molecule has 2 aromatic rings. The molecule has 0 aromatic carbocycles. The van der Waals surface area contributed by atoms with Gasteiger partial charge in [-0.25, -0.2) is 4.98 Å². The van der Waals surface area contributed by atoms with Crippen molar-refractivity contribution in [3.63, 3.8) is 0 Å². The van der Waals surface area contributed by atoms with Crippen LogP contribution in [0.4, 0.5) is 0 Å². The van der Waals surface area contributed by atoms with Gasteiger partial charge in [0.15, 0.2) is 5.82 Å². The molecular weight excluding hydrogens is 316 g/mol. The molecule has 0 saturated carbocycles. The van der Waals surface area contributed by atoms with E-state index in [4.69, 9.17) is 16.1 Å². The third-order valence-electron chi connectivity index (χ3n) is 3.97. The van der Waals surface area contributed by atoms with E-state index in [2.05, 4.69) is 15.1 Å². The summed E-state index contributed by atoms with van der Waals surface area (Å²) >= 11 is 5.82. The van der Waals surface area contributed by atoms with Crippen LogP contribution in [0.5, 0.6) is 0 Å². The number of carbonyl (C=O) groups is 1. The molecule has 23 heavy (non-hydrogen) atoms. The summed E-state index contributed by atoms with van der Waals surface area (Å²) in [5.41, 5.74) is 0.408. The molecule has 2 aromatic heterocycles. The zero-order valence-electron chi connectivity index (χ0n) is 13.2. The normalized spacial score (nSPS) is 18.4. The Morgan fingerprint density at radius 1 is 1.43 bits per heavy atom. The average Bonchev–Trinajstić information content (AvgIpc) is 3.05. The number of hydrogen-bond acceptors (Lipinski definition) is 5. The lowest BCUT2D eigenvalue weighted by atomic mass is 9.97. The van der Waals surface area contributed by atoms with Crippen LogP contribution in [-0.2, 0) is 0 Å². The zero-order valence-corrected chi connectivity index (χ0v) is 14.0. The molecule has 1 atom stereocenters. The number of halogens is 1. The number of piperidine rings is 1. The van der Waals surface area contributed by atoms with Crippen molar-refractivity contribution in [1.29, 1.82) is 0 Å². The van der Waals surface area contributed by atoms with E-state index in [0.717, 1.165) is 12.8 Å². The fourth-order valence-electron chi connectivity index (χ4n) is 2.68. The quantitative estimate of drug-likeness (QED) is 0.861. The predicted octanol–water partition coefficient (Wildman–Crippen LogP) is 3.26. The largest absolute Gasteiger partial charge is 0.339 e. The zero-order chi connectivity index (χ0) is 16.4. The van der Waals surface area contributed by atoms with Crippen LogP contribution in [0.3, 0.4) is 0 Å². The molecule has 1 aliphatic rings. The van der Waals surface area contributed by atoms with Crippen molar-refractivity contribution in [1.82, 2.24) is 20.0 Å². The monoisotopic (exact) mass is 334 g/mol. The highest BCUT2D eigenvalue weighted by Gasteiger charge is 2.29. The Hall–Kier alpha value is -1.95. The highest BCUT2D eigenvalue weighted by atomic mass is 35.5. The summed E-state index contributed by atoms with van der Waals surface area (Å²) in [6, 6.07) is 3.33.